The molecule has 0 spiro atoms. The summed E-state index contributed by atoms with van der Waals surface area (Å²) in [5.74, 6) is -0.303. The highest BCUT2D eigenvalue weighted by atomic mass is 35.5. The van der Waals surface area contributed by atoms with Gasteiger partial charge >= 0.3 is 0 Å². The zero-order chi connectivity index (χ0) is 10.8. The Balaban J connectivity index is 2.31. The first-order valence-electron chi connectivity index (χ1n) is 5.01. The molecule has 1 aromatic carbocycles. The number of rotatable bonds is 1. The molecule has 1 unspecified atom stereocenters. The van der Waals surface area contributed by atoms with Gasteiger partial charge in [-0.05, 0) is 37.0 Å². The predicted molar refractivity (Wildman–Crippen MR) is 61.0 cm³/mol. The summed E-state index contributed by atoms with van der Waals surface area (Å²) in [6.45, 7) is 0. The molecule has 0 saturated carbocycles. The van der Waals surface area contributed by atoms with Crippen molar-refractivity contribution in [3.8, 4) is 0 Å². The number of amides is 1. The second-order valence-electron chi connectivity index (χ2n) is 3.79. The van der Waals surface area contributed by atoms with Crippen LogP contribution in [0.3, 0.4) is 0 Å². The molecule has 0 fully saturated rings. The van der Waals surface area contributed by atoms with E-state index in [1.807, 2.05) is 18.2 Å². The Morgan fingerprint density at radius 1 is 1.53 bits per heavy atom. The summed E-state index contributed by atoms with van der Waals surface area (Å²) >= 11 is 5.90. The van der Waals surface area contributed by atoms with Crippen LogP contribution in [-0.2, 0) is 11.2 Å². The lowest BCUT2D eigenvalue weighted by atomic mass is 10.1. The van der Waals surface area contributed by atoms with E-state index in [0.29, 0.717) is 5.02 Å². The number of aryl methyl sites for hydroxylation is 1. The minimum atomic E-state index is -0.303. The number of benzene rings is 1. The summed E-state index contributed by atoms with van der Waals surface area (Å²) in [6, 6.07) is 5.43. The molecule has 2 rings (SSSR count). The number of anilines is 1. The molecule has 1 amide bonds. The molecular weight excluding hydrogens is 212 g/mol. The van der Waals surface area contributed by atoms with Crippen molar-refractivity contribution in [1.29, 1.82) is 0 Å². The average molecular weight is 225 g/mol. The number of hydrogen-bond donors (Lipinski definition) is 2. The topological polar surface area (TPSA) is 55.1 Å². The normalized spacial score (nSPS) is 19.9. The van der Waals surface area contributed by atoms with Crippen LogP contribution in [0.15, 0.2) is 18.2 Å². The van der Waals surface area contributed by atoms with E-state index >= 15 is 0 Å². The monoisotopic (exact) mass is 224 g/mol. The maximum atomic E-state index is 11.1. The van der Waals surface area contributed by atoms with E-state index in [2.05, 4.69) is 5.32 Å². The molecule has 15 heavy (non-hydrogen) atoms. The van der Waals surface area contributed by atoms with Crippen molar-refractivity contribution in [3.05, 3.63) is 28.8 Å². The summed E-state index contributed by atoms with van der Waals surface area (Å²) in [6.07, 6.45) is 2.71. The van der Waals surface area contributed by atoms with Crippen LogP contribution >= 0.6 is 11.6 Å². The van der Waals surface area contributed by atoms with Crippen LogP contribution in [0.2, 0.25) is 5.02 Å². The first kappa shape index (κ1) is 10.3. The quantitative estimate of drug-likeness (QED) is 0.766. The molecule has 0 aromatic heterocycles. The van der Waals surface area contributed by atoms with Gasteiger partial charge in [-0.3, -0.25) is 4.79 Å². The van der Waals surface area contributed by atoms with E-state index in [1.165, 1.54) is 5.56 Å². The van der Waals surface area contributed by atoms with Crippen molar-refractivity contribution >= 4 is 23.2 Å². The van der Waals surface area contributed by atoms with Gasteiger partial charge in [0.2, 0.25) is 5.91 Å². The Bertz CT molecular complexity index is 392. The standard InChI is InChI=1S/C11H13ClN2O/c12-8-5-4-7-2-1-3-9(11(13)15)14-10(7)6-8/h4-6,9,14H,1-3H2,(H2,13,15). The van der Waals surface area contributed by atoms with E-state index < -0.39 is 0 Å². The summed E-state index contributed by atoms with van der Waals surface area (Å²) < 4.78 is 0. The van der Waals surface area contributed by atoms with Gasteiger partial charge in [0, 0.05) is 10.7 Å². The number of fused-ring (bicyclic) bond motifs is 1. The van der Waals surface area contributed by atoms with Crippen LogP contribution in [-0.4, -0.2) is 11.9 Å². The Kier molecular flexibility index (Phi) is 2.82. The number of carbonyl (C=O) groups is 1. The molecule has 0 bridgehead atoms. The number of nitrogens with one attached hydrogen (secondary N) is 1. The van der Waals surface area contributed by atoms with E-state index in [4.69, 9.17) is 17.3 Å². The lowest BCUT2D eigenvalue weighted by Gasteiger charge is -2.14. The number of hydrogen-bond acceptors (Lipinski definition) is 2. The van der Waals surface area contributed by atoms with Crippen LogP contribution in [0.1, 0.15) is 18.4 Å². The highest BCUT2D eigenvalue weighted by Crippen LogP contribution is 2.26. The Morgan fingerprint density at radius 2 is 2.33 bits per heavy atom. The summed E-state index contributed by atoms with van der Waals surface area (Å²) in [5, 5.41) is 3.81. The maximum Gasteiger partial charge on any atom is 0.239 e. The Hall–Kier alpha value is -1.22. The second kappa shape index (κ2) is 4.11. The largest absolute Gasteiger partial charge is 0.373 e. The SMILES string of the molecule is NC(=O)C1CCCc2ccc(Cl)cc2N1. The Labute approximate surface area is 93.6 Å². The number of nitrogens with two attached hydrogens (primary N) is 1. The van der Waals surface area contributed by atoms with Gasteiger partial charge < -0.3 is 11.1 Å². The van der Waals surface area contributed by atoms with Crippen LogP contribution in [0.4, 0.5) is 5.69 Å². The minimum Gasteiger partial charge on any atom is -0.373 e. The molecule has 1 heterocycles. The van der Waals surface area contributed by atoms with E-state index in [-0.39, 0.29) is 11.9 Å². The molecule has 1 aliphatic heterocycles. The fraction of sp³-hybridized carbons (Fsp3) is 0.364. The third-order valence-electron chi connectivity index (χ3n) is 2.68. The first-order valence-corrected chi connectivity index (χ1v) is 5.39. The van der Waals surface area contributed by atoms with Crippen molar-refractivity contribution < 1.29 is 4.79 Å². The Morgan fingerprint density at radius 3 is 3.07 bits per heavy atom. The molecule has 0 saturated heterocycles. The van der Waals surface area contributed by atoms with Crippen molar-refractivity contribution in [2.45, 2.75) is 25.3 Å². The van der Waals surface area contributed by atoms with E-state index in [0.717, 1.165) is 24.9 Å². The van der Waals surface area contributed by atoms with Gasteiger partial charge in [-0.15, -0.1) is 0 Å². The lowest BCUT2D eigenvalue weighted by Crippen LogP contribution is -2.34. The summed E-state index contributed by atoms with van der Waals surface area (Å²) in [4.78, 5) is 11.1. The molecule has 1 aliphatic rings. The number of primary amides is 1. The zero-order valence-electron chi connectivity index (χ0n) is 8.29. The highest BCUT2D eigenvalue weighted by molar-refractivity contribution is 6.30. The van der Waals surface area contributed by atoms with Crippen molar-refractivity contribution in [2.24, 2.45) is 5.73 Å². The fourth-order valence-electron chi connectivity index (χ4n) is 1.87. The fourth-order valence-corrected chi connectivity index (χ4v) is 2.04. The summed E-state index contributed by atoms with van der Waals surface area (Å²) in [5.41, 5.74) is 7.43. The van der Waals surface area contributed by atoms with Crippen LogP contribution in [0, 0.1) is 0 Å². The summed E-state index contributed by atoms with van der Waals surface area (Å²) in [7, 11) is 0. The maximum absolute atomic E-state index is 11.1. The zero-order valence-corrected chi connectivity index (χ0v) is 9.05. The molecule has 3 nitrogen and oxygen atoms in total. The van der Waals surface area contributed by atoms with Crippen molar-refractivity contribution in [3.63, 3.8) is 0 Å². The van der Waals surface area contributed by atoms with Crippen LogP contribution in [0.25, 0.3) is 0 Å². The molecule has 80 valence electrons. The van der Waals surface area contributed by atoms with Gasteiger partial charge in [0.05, 0.1) is 0 Å². The van der Waals surface area contributed by atoms with Gasteiger partial charge in [0.15, 0.2) is 0 Å². The first-order chi connectivity index (χ1) is 7.16. The minimum absolute atomic E-state index is 0.273. The van der Waals surface area contributed by atoms with Gasteiger partial charge in [0.25, 0.3) is 0 Å². The molecule has 0 aliphatic carbocycles. The molecule has 3 N–H and O–H groups in total. The van der Waals surface area contributed by atoms with Gasteiger partial charge in [-0.2, -0.15) is 0 Å². The van der Waals surface area contributed by atoms with Gasteiger partial charge in [0.1, 0.15) is 6.04 Å². The van der Waals surface area contributed by atoms with Crippen LogP contribution in [0.5, 0.6) is 0 Å². The third-order valence-corrected chi connectivity index (χ3v) is 2.92. The lowest BCUT2D eigenvalue weighted by molar-refractivity contribution is -0.118. The second-order valence-corrected chi connectivity index (χ2v) is 4.23. The smallest absolute Gasteiger partial charge is 0.239 e. The van der Waals surface area contributed by atoms with Gasteiger partial charge in [-0.1, -0.05) is 17.7 Å². The third kappa shape index (κ3) is 2.23. The number of halogens is 1. The number of carbonyl (C=O) groups excluding carboxylic acids is 1. The van der Waals surface area contributed by atoms with Crippen molar-refractivity contribution in [2.75, 3.05) is 5.32 Å². The predicted octanol–water partition coefficient (Wildman–Crippen LogP) is 1.94. The molecular formula is C11H13ClN2O. The average Bonchev–Trinajstić information content (AvgIpc) is 2.39. The molecule has 0 radical (unpaired) electrons. The van der Waals surface area contributed by atoms with E-state index in [9.17, 15) is 4.79 Å². The van der Waals surface area contributed by atoms with E-state index in [1.54, 1.807) is 0 Å². The molecule has 1 aromatic rings. The molecule has 4 heteroatoms. The molecule has 1 atom stereocenters. The van der Waals surface area contributed by atoms with Crippen molar-refractivity contribution in [1.82, 2.24) is 0 Å². The van der Waals surface area contributed by atoms with Crippen LogP contribution < -0.4 is 11.1 Å². The van der Waals surface area contributed by atoms with Gasteiger partial charge in [-0.25, -0.2) is 0 Å². The highest BCUT2D eigenvalue weighted by Gasteiger charge is 2.19.